The van der Waals surface area contributed by atoms with E-state index in [2.05, 4.69) is 0 Å². The Morgan fingerprint density at radius 2 is 1.31 bits per heavy atom. The Hall–Kier alpha value is -0.240. The molecular formula is C10H22O6. The van der Waals surface area contributed by atoms with Gasteiger partial charge < -0.3 is 30.6 Å². The molecule has 0 saturated carbocycles. The molecular weight excluding hydrogens is 216 g/mol. The van der Waals surface area contributed by atoms with Crippen molar-refractivity contribution in [3.63, 3.8) is 0 Å². The smallest absolute Gasteiger partial charge is 0.0823 e. The van der Waals surface area contributed by atoms with Gasteiger partial charge in [0.25, 0.3) is 0 Å². The van der Waals surface area contributed by atoms with Crippen molar-refractivity contribution in [1.82, 2.24) is 0 Å². The zero-order valence-corrected chi connectivity index (χ0v) is 9.24. The summed E-state index contributed by atoms with van der Waals surface area (Å²) < 4.78 is 0. The molecule has 6 heteroatoms. The van der Waals surface area contributed by atoms with Crippen molar-refractivity contribution >= 4 is 0 Å². The lowest BCUT2D eigenvalue weighted by atomic mass is 9.95. The maximum atomic E-state index is 9.51. The first-order valence-electron chi connectivity index (χ1n) is 5.43. The molecule has 6 nitrogen and oxygen atoms in total. The van der Waals surface area contributed by atoms with E-state index in [1.165, 1.54) is 0 Å². The molecule has 0 rings (SSSR count). The molecule has 0 heterocycles. The van der Waals surface area contributed by atoms with Crippen molar-refractivity contribution in [2.75, 3.05) is 19.8 Å². The van der Waals surface area contributed by atoms with Crippen LogP contribution in [0, 0.1) is 5.92 Å². The van der Waals surface area contributed by atoms with Crippen LogP contribution in [-0.2, 0) is 0 Å². The van der Waals surface area contributed by atoms with Crippen LogP contribution < -0.4 is 0 Å². The molecule has 3 atom stereocenters. The normalized spacial score (nSPS) is 17.4. The molecule has 0 aromatic carbocycles. The van der Waals surface area contributed by atoms with Crippen molar-refractivity contribution in [3.8, 4) is 0 Å². The second kappa shape index (κ2) is 8.86. The van der Waals surface area contributed by atoms with Gasteiger partial charge >= 0.3 is 0 Å². The van der Waals surface area contributed by atoms with Crippen LogP contribution in [0.2, 0.25) is 0 Å². The van der Waals surface area contributed by atoms with Crippen LogP contribution in [0.15, 0.2) is 0 Å². The summed E-state index contributed by atoms with van der Waals surface area (Å²) in [6, 6.07) is 0. The monoisotopic (exact) mass is 238 g/mol. The standard InChI is InChI=1S/C10H22O6/c11-3-1-2-8(14)10(16)4-9(15)7(5-12)6-13/h7-16H,1-6H2. The predicted molar refractivity (Wildman–Crippen MR) is 56.6 cm³/mol. The molecule has 98 valence electrons. The van der Waals surface area contributed by atoms with E-state index in [4.69, 9.17) is 15.3 Å². The summed E-state index contributed by atoms with van der Waals surface area (Å²) in [5.74, 6) is -0.709. The average molecular weight is 238 g/mol. The molecule has 0 fully saturated rings. The molecule has 0 amide bonds. The minimum absolute atomic E-state index is 0.0672. The predicted octanol–water partition coefficient (Wildman–Crippen LogP) is -2.17. The fourth-order valence-corrected chi connectivity index (χ4v) is 1.39. The molecule has 16 heavy (non-hydrogen) atoms. The maximum Gasteiger partial charge on any atom is 0.0823 e. The first-order chi connectivity index (χ1) is 7.56. The Morgan fingerprint density at radius 3 is 1.75 bits per heavy atom. The van der Waals surface area contributed by atoms with E-state index in [0.29, 0.717) is 6.42 Å². The third-order valence-electron chi connectivity index (χ3n) is 2.60. The average Bonchev–Trinajstić information content (AvgIpc) is 2.27. The van der Waals surface area contributed by atoms with Crippen LogP contribution >= 0.6 is 0 Å². The fraction of sp³-hybridized carbons (Fsp3) is 1.00. The minimum atomic E-state index is -1.12. The summed E-state index contributed by atoms with van der Waals surface area (Å²) in [6.07, 6.45) is -2.69. The summed E-state index contributed by atoms with van der Waals surface area (Å²) in [6.45, 7) is -0.823. The molecule has 0 aromatic heterocycles. The quantitative estimate of drug-likeness (QED) is 0.272. The van der Waals surface area contributed by atoms with E-state index >= 15 is 0 Å². The lowest BCUT2D eigenvalue weighted by molar-refractivity contribution is -0.0438. The molecule has 0 aliphatic heterocycles. The van der Waals surface area contributed by atoms with Crippen LogP contribution in [0.4, 0.5) is 0 Å². The Bertz CT molecular complexity index is 161. The van der Waals surface area contributed by atoms with Crippen LogP contribution in [0.5, 0.6) is 0 Å². The molecule has 0 spiro atoms. The molecule has 0 aromatic rings. The van der Waals surface area contributed by atoms with Gasteiger partial charge in [-0.25, -0.2) is 0 Å². The highest BCUT2D eigenvalue weighted by molar-refractivity contribution is 4.75. The molecule has 0 saturated heterocycles. The summed E-state index contributed by atoms with van der Waals surface area (Å²) >= 11 is 0. The lowest BCUT2D eigenvalue weighted by Crippen LogP contribution is -2.35. The van der Waals surface area contributed by atoms with E-state index in [-0.39, 0.29) is 32.7 Å². The number of aliphatic hydroxyl groups is 6. The van der Waals surface area contributed by atoms with E-state index in [1.807, 2.05) is 0 Å². The number of aliphatic hydroxyl groups excluding tert-OH is 6. The van der Waals surface area contributed by atoms with E-state index < -0.39 is 24.2 Å². The molecule has 0 aliphatic carbocycles. The van der Waals surface area contributed by atoms with E-state index in [0.717, 1.165) is 0 Å². The molecule has 6 N–H and O–H groups in total. The third-order valence-corrected chi connectivity index (χ3v) is 2.60. The van der Waals surface area contributed by atoms with Gasteiger partial charge in [0.1, 0.15) is 0 Å². The van der Waals surface area contributed by atoms with Crippen molar-refractivity contribution in [3.05, 3.63) is 0 Å². The largest absolute Gasteiger partial charge is 0.396 e. The van der Waals surface area contributed by atoms with Gasteiger partial charge in [0.15, 0.2) is 0 Å². The van der Waals surface area contributed by atoms with Gasteiger partial charge in [-0.15, -0.1) is 0 Å². The number of hydrogen-bond acceptors (Lipinski definition) is 6. The first-order valence-corrected chi connectivity index (χ1v) is 5.43. The molecule has 0 radical (unpaired) electrons. The Kier molecular flexibility index (Phi) is 8.73. The zero-order valence-electron chi connectivity index (χ0n) is 9.24. The Morgan fingerprint density at radius 1 is 0.750 bits per heavy atom. The second-order valence-corrected chi connectivity index (χ2v) is 3.93. The number of hydrogen-bond donors (Lipinski definition) is 6. The highest BCUT2D eigenvalue weighted by Crippen LogP contribution is 2.13. The summed E-state index contributed by atoms with van der Waals surface area (Å²) in [7, 11) is 0. The summed E-state index contributed by atoms with van der Waals surface area (Å²) in [4.78, 5) is 0. The van der Waals surface area contributed by atoms with Gasteiger partial charge in [0.05, 0.1) is 31.5 Å². The van der Waals surface area contributed by atoms with Gasteiger partial charge in [-0.2, -0.15) is 0 Å². The first kappa shape index (κ1) is 15.8. The molecule has 0 bridgehead atoms. The van der Waals surface area contributed by atoms with Crippen LogP contribution in [0.3, 0.4) is 0 Å². The van der Waals surface area contributed by atoms with Gasteiger partial charge in [-0.3, -0.25) is 0 Å². The van der Waals surface area contributed by atoms with Gasteiger partial charge in [-0.05, 0) is 12.8 Å². The summed E-state index contributed by atoms with van der Waals surface area (Å²) in [5.41, 5.74) is 0. The van der Waals surface area contributed by atoms with E-state index in [1.54, 1.807) is 0 Å². The van der Waals surface area contributed by atoms with Crippen LogP contribution in [0.1, 0.15) is 19.3 Å². The third kappa shape index (κ3) is 5.74. The van der Waals surface area contributed by atoms with Gasteiger partial charge in [-0.1, -0.05) is 0 Å². The van der Waals surface area contributed by atoms with Crippen molar-refractivity contribution in [2.24, 2.45) is 5.92 Å². The van der Waals surface area contributed by atoms with Gasteiger partial charge in [0.2, 0.25) is 0 Å². The van der Waals surface area contributed by atoms with Gasteiger partial charge in [0, 0.05) is 18.9 Å². The van der Waals surface area contributed by atoms with E-state index in [9.17, 15) is 15.3 Å². The van der Waals surface area contributed by atoms with Crippen LogP contribution in [0.25, 0.3) is 0 Å². The highest BCUT2D eigenvalue weighted by atomic mass is 16.3. The molecule has 0 aliphatic rings. The van der Waals surface area contributed by atoms with Crippen molar-refractivity contribution in [1.29, 1.82) is 0 Å². The van der Waals surface area contributed by atoms with Crippen LogP contribution in [-0.4, -0.2) is 68.8 Å². The fourth-order valence-electron chi connectivity index (χ4n) is 1.39. The zero-order chi connectivity index (χ0) is 12.6. The van der Waals surface area contributed by atoms with Crippen molar-refractivity contribution in [2.45, 2.75) is 37.6 Å². The lowest BCUT2D eigenvalue weighted by Gasteiger charge is -2.24. The summed E-state index contributed by atoms with van der Waals surface area (Å²) in [5, 5.41) is 54.6. The second-order valence-electron chi connectivity index (χ2n) is 3.93. The maximum absolute atomic E-state index is 9.51. The topological polar surface area (TPSA) is 121 Å². The molecule has 3 unspecified atom stereocenters. The highest BCUT2D eigenvalue weighted by Gasteiger charge is 2.24. The Labute approximate surface area is 94.8 Å². The Balaban J connectivity index is 3.96. The van der Waals surface area contributed by atoms with Crippen molar-refractivity contribution < 1.29 is 30.6 Å². The minimum Gasteiger partial charge on any atom is -0.396 e. The number of rotatable bonds is 9. The SMILES string of the molecule is OCCCC(O)C(O)CC(O)C(CO)CO.